The summed E-state index contributed by atoms with van der Waals surface area (Å²) in [4.78, 5) is 38.7. The van der Waals surface area contributed by atoms with E-state index < -0.39 is 0 Å². The summed E-state index contributed by atoms with van der Waals surface area (Å²) in [5.41, 5.74) is 0. The lowest BCUT2D eigenvalue weighted by atomic mass is 10.2. The average molecular weight is 310 g/mol. The second kappa shape index (κ2) is 7.47. The second-order valence-electron chi connectivity index (χ2n) is 5.84. The minimum atomic E-state index is -0.231. The number of nitrogens with one attached hydrogen (secondary N) is 2. The number of nitrogens with zero attached hydrogens (tertiary/aromatic N) is 2. The van der Waals surface area contributed by atoms with Crippen molar-refractivity contribution in [2.75, 3.05) is 26.2 Å². The van der Waals surface area contributed by atoms with E-state index in [1.807, 2.05) is 23.6 Å². The number of rotatable bonds is 6. The number of carbonyl (C=O) groups is 3. The minimum absolute atomic E-state index is 0.100. The van der Waals surface area contributed by atoms with E-state index >= 15 is 0 Å². The van der Waals surface area contributed by atoms with Gasteiger partial charge in [-0.3, -0.25) is 9.59 Å². The monoisotopic (exact) mass is 310 g/mol. The van der Waals surface area contributed by atoms with Gasteiger partial charge < -0.3 is 20.4 Å². The zero-order valence-corrected chi connectivity index (χ0v) is 13.4. The van der Waals surface area contributed by atoms with E-state index in [1.165, 1.54) is 0 Å². The summed E-state index contributed by atoms with van der Waals surface area (Å²) in [6.45, 7) is 6.23. The molecule has 0 aromatic heterocycles. The molecule has 2 heterocycles. The highest BCUT2D eigenvalue weighted by Gasteiger charge is 2.31. The predicted octanol–water partition coefficient (Wildman–Crippen LogP) is 0.307. The molecule has 2 aliphatic rings. The number of likely N-dealkylation sites (tertiary alicyclic amines) is 2. The maximum atomic E-state index is 11.9. The molecule has 4 amide bonds. The summed E-state index contributed by atoms with van der Waals surface area (Å²) in [6, 6.07) is -0.0299. The predicted molar refractivity (Wildman–Crippen MR) is 82.2 cm³/mol. The SMILES string of the molecule is CCN1C(=O)CCC1CNC(=O)NCC1CCC(=O)N1CC. The molecule has 2 aliphatic heterocycles. The van der Waals surface area contributed by atoms with Crippen molar-refractivity contribution in [3.63, 3.8) is 0 Å². The molecule has 2 saturated heterocycles. The third kappa shape index (κ3) is 3.69. The Labute approximate surface area is 131 Å². The first kappa shape index (κ1) is 16.6. The van der Waals surface area contributed by atoms with Gasteiger partial charge in [0.15, 0.2) is 0 Å². The van der Waals surface area contributed by atoms with Crippen molar-refractivity contribution < 1.29 is 14.4 Å². The van der Waals surface area contributed by atoms with Crippen LogP contribution in [0.2, 0.25) is 0 Å². The van der Waals surface area contributed by atoms with E-state index in [1.54, 1.807) is 0 Å². The third-order valence-corrected chi connectivity index (χ3v) is 4.58. The first-order valence-electron chi connectivity index (χ1n) is 8.17. The molecule has 2 rings (SSSR count). The molecule has 7 nitrogen and oxygen atoms in total. The summed E-state index contributed by atoms with van der Waals surface area (Å²) >= 11 is 0. The van der Waals surface area contributed by atoms with E-state index in [9.17, 15) is 14.4 Å². The molecule has 7 heteroatoms. The number of likely N-dealkylation sites (N-methyl/N-ethyl adjacent to an activating group) is 2. The maximum Gasteiger partial charge on any atom is 0.314 e. The van der Waals surface area contributed by atoms with Crippen LogP contribution in [0.3, 0.4) is 0 Å². The van der Waals surface area contributed by atoms with Gasteiger partial charge in [-0.05, 0) is 26.7 Å². The molecular weight excluding hydrogens is 284 g/mol. The van der Waals surface area contributed by atoms with Gasteiger partial charge >= 0.3 is 6.03 Å². The van der Waals surface area contributed by atoms with Crippen LogP contribution in [-0.2, 0) is 9.59 Å². The van der Waals surface area contributed by atoms with Crippen LogP contribution in [0.4, 0.5) is 4.79 Å². The minimum Gasteiger partial charge on any atom is -0.338 e. The highest BCUT2D eigenvalue weighted by Crippen LogP contribution is 2.18. The van der Waals surface area contributed by atoms with E-state index in [4.69, 9.17) is 0 Å². The van der Waals surface area contributed by atoms with Crippen LogP contribution < -0.4 is 10.6 Å². The van der Waals surface area contributed by atoms with Gasteiger partial charge in [0.2, 0.25) is 11.8 Å². The van der Waals surface area contributed by atoms with Crippen LogP contribution in [0.1, 0.15) is 39.5 Å². The van der Waals surface area contributed by atoms with Crippen LogP contribution in [-0.4, -0.2) is 65.9 Å². The van der Waals surface area contributed by atoms with Gasteiger partial charge in [0.25, 0.3) is 0 Å². The summed E-state index contributed by atoms with van der Waals surface area (Å²) < 4.78 is 0. The lowest BCUT2D eigenvalue weighted by Gasteiger charge is -2.25. The molecule has 0 aliphatic carbocycles. The van der Waals surface area contributed by atoms with Crippen LogP contribution in [0.15, 0.2) is 0 Å². The molecule has 0 saturated carbocycles. The molecule has 0 spiro atoms. The van der Waals surface area contributed by atoms with Gasteiger partial charge in [-0.15, -0.1) is 0 Å². The van der Waals surface area contributed by atoms with Crippen molar-refractivity contribution >= 4 is 17.8 Å². The van der Waals surface area contributed by atoms with Crippen molar-refractivity contribution in [2.24, 2.45) is 0 Å². The first-order valence-corrected chi connectivity index (χ1v) is 8.17. The molecule has 22 heavy (non-hydrogen) atoms. The van der Waals surface area contributed by atoms with E-state index in [-0.39, 0.29) is 29.9 Å². The second-order valence-corrected chi connectivity index (χ2v) is 5.84. The van der Waals surface area contributed by atoms with Gasteiger partial charge in [0.1, 0.15) is 0 Å². The van der Waals surface area contributed by atoms with Gasteiger partial charge in [0, 0.05) is 51.1 Å². The Kier molecular flexibility index (Phi) is 5.63. The molecule has 2 unspecified atom stereocenters. The molecule has 0 aromatic rings. The Morgan fingerprint density at radius 2 is 1.36 bits per heavy atom. The normalized spacial score (nSPS) is 25.0. The summed E-state index contributed by atoms with van der Waals surface area (Å²) in [7, 11) is 0. The number of carbonyl (C=O) groups excluding carboxylic acids is 3. The molecule has 2 fully saturated rings. The van der Waals surface area contributed by atoms with Crippen molar-refractivity contribution in [3.8, 4) is 0 Å². The van der Waals surface area contributed by atoms with Crippen LogP contribution >= 0.6 is 0 Å². The fraction of sp³-hybridized carbons (Fsp3) is 0.800. The number of amides is 4. The molecule has 2 atom stereocenters. The van der Waals surface area contributed by atoms with Crippen LogP contribution in [0.25, 0.3) is 0 Å². The number of hydrogen-bond donors (Lipinski definition) is 2. The van der Waals surface area contributed by atoms with Crippen LogP contribution in [0, 0.1) is 0 Å². The van der Waals surface area contributed by atoms with Crippen molar-refractivity contribution in [1.82, 2.24) is 20.4 Å². The highest BCUT2D eigenvalue weighted by atomic mass is 16.2. The maximum absolute atomic E-state index is 11.9. The fourth-order valence-corrected chi connectivity index (χ4v) is 3.36. The number of urea groups is 1. The third-order valence-electron chi connectivity index (χ3n) is 4.58. The topological polar surface area (TPSA) is 81.8 Å². The smallest absolute Gasteiger partial charge is 0.314 e. The van der Waals surface area contributed by atoms with Gasteiger partial charge in [-0.2, -0.15) is 0 Å². The standard InChI is InChI=1S/C15H26N4O3/c1-3-18-11(5-7-13(18)20)9-16-15(22)17-10-12-6-8-14(21)19(12)4-2/h11-12H,3-10H2,1-2H3,(H2,16,17,22). The highest BCUT2D eigenvalue weighted by molar-refractivity contribution is 5.80. The Bertz CT molecular complexity index is 403. The Morgan fingerprint density at radius 1 is 0.955 bits per heavy atom. The lowest BCUT2D eigenvalue weighted by Crippen LogP contribution is -2.48. The van der Waals surface area contributed by atoms with Gasteiger partial charge in [-0.25, -0.2) is 4.79 Å². The van der Waals surface area contributed by atoms with Gasteiger partial charge in [0.05, 0.1) is 0 Å². The lowest BCUT2D eigenvalue weighted by molar-refractivity contribution is -0.129. The summed E-state index contributed by atoms with van der Waals surface area (Å²) in [5, 5.41) is 5.66. The molecule has 2 N–H and O–H groups in total. The average Bonchev–Trinajstić information content (AvgIpc) is 3.05. The van der Waals surface area contributed by atoms with E-state index in [0.29, 0.717) is 39.0 Å². The Balaban J connectivity index is 1.70. The Hall–Kier alpha value is -1.79. The summed E-state index contributed by atoms with van der Waals surface area (Å²) in [6.07, 6.45) is 2.73. The molecule has 0 radical (unpaired) electrons. The molecule has 124 valence electrons. The van der Waals surface area contributed by atoms with Gasteiger partial charge in [-0.1, -0.05) is 0 Å². The number of hydrogen-bond acceptors (Lipinski definition) is 3. The van der Waals surface area contributed by atoms with Crippen molar-refractivity contribution in [2.45, 2.75) is 51.6 Å². The molecule has 0 bridgehead atoms. The fourth-order valence-electron chi connectivity index (χ4n) is 3.36. The van der Waals surface area contributed by atoms with E-state index in [0.717, 1.165) is 12.8 Å². The van der Waals surface area contributed by atoms with Crippen LogP contribution in [0.5, 0.6) is 0 Å². The van der Waals surface area contributed by atoms with Crippen molar-refractivity contribution in [1.29, 1.82) is 0 Å². The molecular formula is C15H26N4O3. The van der Waals surface area contributed by atoms with E-state index in [2.05, 4.69) is 10.6 Å². The largest absolute Gasteiger partial charge is 0.338 e. The zero-order valence-electron chi connectivity index (χ0n) is 13.4. The zero-order chi connectivity index (χ0) is 16.1. The summed E-state index contributed by atoms with van der Waals surface area (Å²) in [5.74, 6) is 0.329. The Morgan fingerprint density at radius 3 is 1.73 bits per heavy atom. The quantitative estimate of drug-likeness (QED) is 0.741. The van der Waals surface area contributed by atoms with Crippen molar-refractivity contribution in [3.05, 3.63) is 0 Å². The molecule has 0 aromatic carbocycles. The first-order chi connectivity index (χ1) is 10.6.